The Kier molecular flexibility index (Phi) is 6.26. The van der Waals surface area contributed by atoms with E-state index in [1.165, 1.54) is 17.7 Å². The van der Waals surface area contributed by atoms with Gasteiger partial charge in [-0.3, -0.25) is 9.69 Å². The smallest absolute Gasteiger partial charge is 0.234 e. The lowest BCUT2D eigenvalue weighted by Crippen LogP contribution is -2.39. The second-order valence-electron chi connectivity index (χ2n) is 6.52. The third kappa shape index (κ3) is 4.02. The number of rotatable bonds is 4. The van der Waals surface area contributed by atoms with Crippen molar-refractivity contribution >= 4 is 29.7 Å². The van der Waals surface area contributed by atoms with Crippen molar-refractivity contribution < 1.29 is 4.79 Å². The monoisotopic (exact) mass is 343 g/mol. The normalized spacial score (nSPS) is 29.5. The average Bonchev–Trinajstić information content (AvgIpc) is 3.07. The van der Waals surface area contributed by atoms with E-state index in [2.05, 4.69) is 16.3 Å². The Morgan fingerprint density at radius 1 is 1.50 bits per heavy atom. The first-order valence-electron chi connectivity index (χ1n) is 7.94. The highest BCUT2D eigenvalue weighted by Crippen LogP contribution is 2.35. The van der Waals surface area contributed by atoms with Crippen LogP contribution < -0.4 is 11.1 Å². The van der Waals surface area contributed by atoms with Gasteiger partial charge in [-0.05, 0) is 43.0 Å². The molecule has 1 saturated heterocycles. The van der Waals surface area contributed by atoms with E-state index in [-0.39, 0.29) is 24.4 Å². The number of nitrogens with zero attached hydrogens (tertiary/aromatic N) is 1. The largest absolute Gasteiger partial charge is 0.348 e. The van der Waals surface area contributed by atoms with E-state index in [0.717, 1.165) is 19.5 Å². The fourth-order valence-corrected chi connectivity index (χ4v) is 4.57. The van der Waals surface area contributed by atoms with Crippen LogP contribution in [-0.4, -0.2) is 36.5 Å². The number of thiophene rings is 1. The molecular formula is C16H26ClN3OS. The van der Waals surface area contributed by atoms with E-state index < -0.39 is 0 Å². The molecule has 0 aromatic carbocycles. The van der Waals surface area contributed by atoms with Gasteiger partial charge in [-0.25, -0.2) is 0 Å². The minimum atomic E-state index is 0. The Bertz CT molecular complexity index is 482. The molecule has 1 amide bonds. The van der Waals surface area contributed by atoms with E-state index in [1.54, 1.807) is 11.3 Å². The van der Waals surface area contributed by atoms with Crippen LogP contribution in [0.25, 0.3) is 0 Å². The van der Waals surface area contributed by atoms with Crippen LogP contribution in [0.3, 0.4) is 0 Å². The van der Waals surface area contributed by atoms with E-state index >= 15 is 0 Å². The van der Waals surface area contributed by atoms with E-state index in [0.29, 0.717) is 24.4 Å². The lowest BCUT2D eigenvalue weighted by Gasteiger charge is -2.29. The van der Waals surface area contributed by atoms with Gasteiger partial charge in [-0.2, -0.15) is 0 Å². The highest BCUT2D eigenvalue weighted by Gasteiger charge is 2.39. The molecule has 22 heavy (non-hydrogen) atoms. The quantitative estimate of drug-likeness (QED) is 0.882. The van der Waals surface area contributed by atoms with Crippen molar-refractivity contribution in [1.82, 2.24) is 10.2 Å². The molecule has 4 atom stereocenters. The molecule has 6 heteroatoms. The lowest BCUT2D eigenvalue weighted by molar-refractivity contribution is -0.122. The minimum Gasteiger partial charge on any atom is -0.348 e. The molecule has 1 aromatic rings. The first-order chi connectivity index (χ1) is 10.1. The molecule has 3 rings (SSSR count). The molecule has 4 unspecified atom stereocenters. The summed E-state index contributed by atoms with van der Waals surface area (Å²) in [7, 11) is 0. The molecular weight excluding hydrogens is 318 g/mol. The number of nitrogens with one attached hydrogen (secondary N) is 1. The predicted molar refractivity (Wildman–Crippen MR) is 93.4 cm³/mol. The zero-order valence-electron chi connectivity index (χ0n) is 13.0. The van der Waals surface area contributed by atoms with E-state index in [9.17, 15) is 4.79 Å². The van der Waals surface area contributed by atoms with Crippen LogP contribution >= 0.6 is 23.7 Å². The van der Waals surface area contributed by atoms with Crippen LogP contribution in [0.2, 0.25) is 0 Å². The van der Waals surface area contributed by atoms with Gasteiger partial charge in [0.15, 0.2) is 0 Å². The number of likely N-dealkylation sites (tertiary alicyclic amines) is 1. The van der Waals surface area contributed by atoms with Gasteiger partial charge in [0.25, 0.3) is 0 Å². The van der Waals surface area contributed by atoms with Gasteiger partial charge in [-0.1, -0.05) is 12.5 Å². The Morgan fingerprint density at radius 2 is 2.32 bits per heavy atom. The molecule has 0 radical (unpaired) electrons. The summed E-state index contributed by atoms with van der Waals surface area (Å²) < 4.78 is 0. The highest BCUT2D eigenvalue weighted by atomic mass is 35.5. The SMILES string of the molecule is CC(NC(=O)CN1CC2CCCC(N)C2C1)c1cccs1.Cl. The number of hydrogen-bond acceptors (Lipinski definition) is 4. The first-order valence-corrected chi connectivity index (χ1v) is 8.82. The molecule has 0 spiro atoms. The lowest BCUT2D eigenvalue weighted by atomic mass is 9.78. The Hall–Kier alpha value is -0.620. The van der Waals surface area contributed by atoms with Gasteiger partial charge in [0.1, 0.15) is 0 Å². The molecule has 4 nitrogen and oxygen atoms in total. The molecule has 0 bridgehead atoms. The van der Waals surface area contributed by atoms with Gasteiger partial charge in [0.05, 0.1) is 12.6 Å². The Balaban J connectivity index is 0.00000176. The molecule has 3 N–H and O–H groups in total. The fraction of sp³-hybridized carbons (Fsp3) is 0.688. The zero-order chi connectivity index (χ0) is 14.8. The Morgan fingerprint density at radius 3 is 3.00 bits per heavy atom. The summed E-state index contributed by atoms with van der Waals surface area (Å²) in [6.07, 6.45) is 3.68. The summed E-state index contributed by atoms with van der Waals surface area (Å²) in [6, 6.07) is 4.53. The standard InChI is InChI=1S/C16H25N3OS.ClH/c1-11(15-6-3-7-21-15)18-16(20)10-19-8-12-4-2-5-14(17)13(12)9-19;/h3,6-7,11-14H,2,4-5,8-10,17H2,1H3,(H,18,20);1H. The first kappa shape index (κ1) is 17.7. The van der Waals surface area contributed by atoms with Crippen molar-refractivity contribution in [3.8, 4) is 0 Å². The molecule has 124 valence electrons. The predicted octanol–water partition coefficient (Wildman–Crippen LogP) is 2.41. The molecule has 1 saturated carbocycles. The van der Waals surface area contributed by atoms with Crippen molar-refractivity contribution in [2.75, 3.05) is 19.6 Å². The van der Waals surface area contributed by atoms with Crippen LogP contribution in [0.4, 0.5) is 0 Å². The maximum absolute atomic E-state index is 12.2. The van der Waals surface area contributed by atoms with Crippen molar-refractivity contribution in [2.45, 2.75) is 38.3 Å². The summed E-state index contributed by atoms with van der Waals surface area (Å²) in [5, 5.41) is 5.15. The van der Waals surface area contributed by atoms with Gasteiger partial charge in [-0.15, -0.1) is 23.7 Å². The molecule has 1 aliphatic heterocycles. The highest BCUT2D eigenvalue weighted by molar-refractivity contribution is 7.10. The maximum Gasteiger partial charge on any atom is 0.234 e. The molecule has 2 fully saturated rings. The van der Waals surface area contributed by atoms with Crippen molar-refractivity contribution in [1.29, 1.82) is 0 Å². The van der Waals surface area contributed by atoms with Crippen molar-refractivity contribution in [2.24, 2.45) is 17.6 Å². The third-order valence-electron chi connectivity index (χ3n) is 4.94. The summed E-state index contributed by atoms with van der Waals surface area (Å²) in [5.74, 6) is 1.43. The van der Waals surface area contributed by atoms with Gasteiger partial charge >= 0.3 is 0 Å². The second kappa shape index (κ2) is 7.77. The molecule has 2 aliphatic rings. The van der Waals surface area contributed by atoms with E-state index in [1.807, 2.05) is 18.4 Å². The number of halogens is 1. The second-order valence-corrected chi connectivity index (χ2v) is 7.50. The molecule has 1 aliphatic carbocycles. The number of nitrogens with two attached hydrogens (primary N) is 1. The van der Waals surface area contributed by atoms with Crippen LogP contribution in [0.15, 0.2) is 17.5 Å². The summed E-state index contributed by atoms with van der Waals surface area (Å²) in [6.45, 7) is 4.59. The van der Waals surface area contributed by atoms with Crippen LogP contribution in [0.5, 0.6) is 0 Å². The summed E-state index contributed by atoms with van der Waals surface area (Å²) in [4.78, 5) is 15.7. The summed E-state index contributed by atoms with van der Waals surface area (Å²) in [5.41, 5.74) is 6.23. The van der Waals surface area contributed by atoms with E-state index in [4.69, 9.17) is 5.73 Å². The topological polar surface area (TPSA) is 58.4 Å². The van der Waals surface area contributed by atoms with Crippen molar-refractivity contribution in [3.05, 3.63) is 22.4 Å². The third-order valence-corrected chi connectivity index (χ3v) is 6.00. The number of amides is 1. The minimum absolute atomic E-state index is 0. The molecule has 2 heterocycles. The van der Waals surface area contributed by atoms with Crippen LogP contribution in [0, 0.1) is 11.8 Å². The zero-order valence-corrected chi connectivity index (χ0v) is 14.7. The van der Waals surface area contributed by atoms with Gasteiger partial charge in [0.2, 0.25) is 5.91 Å². The Labute approximate surface area is 142 Å². The molecule has 1 aromatic heterocycles. The van der Waals surface area contributed by atoms with Gasteiger partial charge in [0, 0.05) is 24.0 Å². The average molecular weight is 344 g/mol. The summed E-state index contributed by atoms with van der Waals surface area (Å²) >= 11 is 1.69. The number of hydrogen-bond donors (Lipinski definition) is 2. The van der Waals surface area contributed by atoms with Crippen LogP contribution in [-0.2, 0) is 4.79 Å². The number of carbonyl (C=O) groups excluding carboxylic acids is 1. The van der Waals surface area contributed by atoms with Crippen molar-refractivity contribution in [3.63, 3.8) is 0 Å². The number of carbonyl (C=O) groups is 1. The van der Waals surface area contributed by atoms with Crippen LogP contribution in [0.1, 0.15) is 37.1 Å². The van der Waals surface area contributed by atoms with Gasteiger partial charge < -0.3 is 11.1 Å². The number of fused-ring (bicyclic) bond motifs is 1. The maximum atomic E-state index is 12.2. The fourth-order valence-electron chi connectivity index (χ4n) is 3.84.